The predicted octanol–water partition coefficient (Wildman–Crippen LogP) is 5.49. The lowest BCUT2D eigenvalue weighted by atomic mass is 9.85. The van der Waals surface area contributed by atoms with Crippen LogP contribution < -0.4 is 11.2 Å². The van der Waals surface area contributed by atoms with Crippen molar-refractivity contribution in [3.8, 4) is 11.5 Å². The number of hydrogen-bond donors (Lipinski definition) is 2. The summed E-state index contributed by atoms with van der Waals surface area (Å²) in [7, 11) is 0. The predicted molar refractivity (Wildman–Crippen MR) is 124 cm³/mol. The highest BCUT2D eigenvalue weighted by atomic mass is 16.3. The van der Waals surface area contributed by atoms with Crippen LogP contribution >= 0.6 is 0 Å². The first kappa shape index (κ1) is 19.8. The summed E-state index contributed by atoms with van der Waals surface area (Å²) in [5.41, 5.74) is 11.7. The number of nitrogens with two attached hydrogens (primary N) is 1. The topological polar surface area (TPSA) is 93.0 Å². The summed E-state index contributed by atoms with van der Waals surface area (Å²) >= 11 is 0. The fourth-order valence-electron chi connectivity index (χ4n) is 4.24. The van der Waals surface area contributed by atoms with E-state index in [1.807, 2.05) is 38.1 Å². The molecule has 5 heteroatoms. The number of benzene rings is 2. The zero-order valence-electron chi connectivity index (χ0n) is 17.3. The van der Waals surface area contributed by atoms with Gasteiger partial charge >= 0.3 is 0 Å². The largest absolute Gasteiger partial charge is 0.454 e. The molecule has 3 N–H and O–H groups in total. The lowest BCUT2D eigenvalue weighted by molar-refractivity contribution is 0.611. The van der Waals surface area contributed by atoms with Crippen molar-refractivity contribution < 1.29 is 4.42 Å². The third-order valence-electron chi connectivity index (χ3n) is 5.56. The number of aromatic nitrogens is 1. The van der Waals surface area contributed by atoms with Crippen molar-refractivity contribution in [3.05, 3.63) is 69.4 Å². The zero-order chi connectivity index (χ0) is 21.3. The molecule has 1 aliphatic carbocycles. The molecule has 5 nitrogen and oxygen atoms in total. The van der Waals surface area contributed by atoms with Crippen LogP contribution in [0.4, 0.5) is 5.69 Å². The number of aryl methyl sites for hydroxylation is 1. The summed E-state index contributed by atoms with van der Waals surface area (Å²) in [5.74, 6) is 0.497. The monoisotopic (exact) mass is 399 g/mol. The summed E-state index contributed by atoms with van der Waals surface area (Å²) in [5, 5.41) is 9.35. The van der Waals surface area contributed by atoms with E-state index in [-0.39, 0.29) is 5.43 Å². The van der Waals surface area contributed by atoms with Crippen LogP contribution in [0.1, 0.15) is 43.4 Å². The van der Waals surface area contributed by atoms with Gasteiger partial charge in [-0.2, -0.15) is 0 Å². The van der Waals surface area contributed by atoms with Crippen molar-refractivity contribution in [2.45, 2.75) is 39.5 Å². The van der Waals surface area contributed by atoms with E-state index < -0.39 is 0 Å². The van der Waals surface area contributed by atoms with Crippen molar-refractivity contribution in [2.24, 2.45) is 0 Å². The Morgan fingerprint density at radius 2 is 1.80 bits per heavy atom. The SMILES string of the molecule is CC.N=Cc1c(N)ccc2nc(-c3cc(=O)c4ccccc4o3)c3c(c12)CCCC3. The van der Waals surface area contributed by atoms with Crippen LogP contribution in [-0.4, -0.2) is 11.2 Å². The van der Waals surface area contributed by atoms with Crippen LogP contribution in [0.5, 0.6) is 0 Å². The number of pyridine rings is 1. The average Bonchev–Trinajstić information content (AvgIpc) is 2.80. The summed E-state index contributed by atoms with van der Waals surface area (Å²) < 4.78 is 6.09. The van der Waals surface area contributed by atoms with Crippen LogP contribution in [0.3, 0.4) is 0 Å². The number of nitrogens with zero attached hydrogens (tertiary/aromatic N) is 1. The van der Waals surface area contributed by atoms with Crippen LogP contribution in [0.25, 0.3) is 33.3 Å². The van der Waals surface area contributed by atoms with E-state index in [2.05, 4.69) is 0 Å². The van der Waals surface area contributed by atoms with E-state index in [4.69, 9.17) is 20.5 Å². The molecule has 152 valence electrons. The number of nitrogen functional groups attached to an aromatic ring is 1. The number of nitrogens with one attached hydrogen (secondary N) is 1. The molecule has 0 unspecified atom stereocenters. The maximum absolute atomic E-state index is 12.6. The van der Waals surface area contributed by atoms with Crippen LogP contribution in [0.15, 0.2) is 51.7 Å². The summed E-state index contributed by atoms with van der Waals surface area (Å²) in [6, 6.07) is 12.5. The van der Waals surface area contributed by atoms with Gasteiger partial charge in [0.15, 0.2) is 11.2 Å². The van der Waals surface area contributed by atoms with Gasteiger partial charge in [-0.1, -0.05) is 26.0 Å². The van der Waals surface area contributed by atoms with Crippen LogP contribution in [0, 0.1) is 5.41 Å². The number of rotatable bonds is 2. The molecule has 2 heterocycles. The van der Waals surface area contributed by atoms with Gasteiger partial charge in [0.25, 0.3) is 0 Å². The molecule has 0 amide bonds. The minimum atomic E-state index is -0.0687. The lowest BCUT2D eigenvalue weighted by Crippen LogP contribution is -2.10. The number of fused-ring (bicyclic) bond motifs is 4. The summed E-state index contributed by atoms with van der Waals surface area (Å²) in [6.45, 7) is 4.00. The Morgan fingerprint density at radius 1 is 1.07 bits per heavy atom. The highest BCUT2D eigenvalue weighted by Gasteiger charge is 2.23. The Bertz CT molecular complexity index is 1320. The molecule has 0 atom stereocenters. The van der Waals surface area contributed by atoms with Crippen molar-refractivity contribution >= 4 is 33.8 Å². The van der Waals surface area contributed by atoms with Crippen LogP contribution in [0.2, 0.25) is 0 Å². The zero-order valence-corrected chi connectivity index (χ0v) is 17.3. The van der Waals surface area contributed by atoms with Gasteiger partial charge < -0.3 is 15.6 Å². The van der Waals surface area contributed by atoms with Crippen molar-refractivity contribution in [2.75, 3.05) is 5.73 Å². The minimum absolute atomic E-state index is 0.0687. The Labute approximate surface area is 175 Å². The Morgan fingerprint density at radius 3 is 2.57 bits per heavy atom. The first-order valence-electron chi connectivity index (χ1n) is 10.4. The molecule has 1 aliphatic rings. The molecule has 5 rings (SSSR count). The highest BCUT2D eigenvalue weighted by molar-refractivity contribution is 6.05. The molecule has 0 radical (unpaired) electrons. The Hall–Kier alpha value is -3.47. The van der Waals surface area contributed by atoms with Crippen molar-refractivity contribution in [1.82, 2.24) is 4.98 Å². The van der Waals surface area contributed by atoms with Crippen molar-refractivity contribution in [3.63, 3.8) is 0 Å². The molecule has 0 aliphatic heterocycles. The van der Waals surface area contributed by atoms with Gasteiger partial charge in [0, 0.05) is 28.9 Å². The minimum Gasteiger partial charge on any atom is -0.454 e. The number of anilines is 1. The Kier molecular flexibility index (Phi) is 5.36. The smallest absolute Gasteiger partial charge is 0.193 e. The normalized spacial score (nSPS) is 12.9. The molecule has 0 saturated heterocycles. The van der Waals surface area contributed by atoms with E-state index in [1.165, 1.54) is 11.8 Å². The summed E-state index contributed by atoms with van der Waals surface area (Å²) in [4.78, 5) is 17.5. The third-order valence-corrected chi connectivity index (χ3v) is 5.56. The molecular formula is C25H25N3O2. The number of para-hydroxylation sites is 1. The second kappa shape index (κ2) is 8.11. The maximum atomic E-state index is 12.6. The van der Waals surface area contributed by atoms with Gasteiger partial charge in [-0.05, 0) is 61.1 Å². The average molecular weight is 399 g/mol. The quantitative estimate of drug-likeness (QED) is 0.344. The first-order valence-corrected chi connectivity index (χ1v) is 10.4. The molecule has 0 spiro atoms. The summed E-state index contributed by atoms with van der Waals surface area (Å²) in [6.07, 6.45) is 5.23. The third kappa shape index (κ3) is 3.16. The molecule has 2 aromatic heterocycles. The van der Waals surface area contributed by atoms with Gasteiger partial charge in [-0.3, -0.25) is 4.79 Å². The molecular weight excluding hydrogens is 374 g/mol. The van der Waals surface area contributed by atoms with E-state index in [0.29, 0.717) is 22.4 Å². The number of hydrogen-bond acceptors (Lipinski definition) is 5. The standard InChI is InChI=1S/C23H19N3O2.C2H6/c24-12-16-17(25)9-10-18-22(16)13-5-1-2-6-14(13)23(26-18)21-11-19(27)15-7-3-4-8-20(15)28-21;1-2/h3-4,7-12,24H,1-2,5-6,25H2;1-2H3. The molecule has 30 heavy (non-hydrogen) atoms. The molecule has 0 fully saturated rings. The van der Waals surface area contributed by atoms with Gasteiger partial charge in [-0.25, -0.2) is 4.98 Å². The van der Waals surface area contributed by atoms with Gasteiger partial charge in [-0.15, -0.1) is 0 Å². The second-order valence-corrected chi connectivity index (χ2v) is 7.20. The van der Waals surface area contributed by atoms with E-state index in [9.17, 15) is 4.79 Å². The lowest BCUT2D eigenvalue weighted by Gasteiger charge is -2.22. The van der Waals surface area contributed by atoms with Gasteiger partial charge in [0.2, 0.25) is 0 Å². The highest BCUT2D eigenvalue weighted by Crippen LogP contribution is 2.37. The van der Waals surface area contributed by atoms with E-state index in [0.717, 1.165) is 53.4 Å². The Balaban J connectivity index is 0.00000106. The molecule has 0 bridgehead atoms. The second-order valence-electron chi connectivity index (χ2n) is 7.20. The van der Waals surface area contributed by atoms with Crippen LogP contribution in [-0.2, 0) is 12.8 Å². The fraction of sp³-hybridized carbons (Fsp3) is 0.240. The maximum Gasteiger partial charge on any atom is 0.193 e. The molecule has 2 aromatic carbocycles. The van der Waals surface area contributed by atoms with Gasteiger partial charge in [0.05, 0.1) is 10.9 Å². The van der Waals surface area contributed by atoms with E-state index >= 15 is 0 Å². The van der Waals surface area contributed by atoms with Crippen molar-refractivity contribution in [1.29, 1.82) is 5.41 Å². The first-order chi connectivity index (χ1) is 14.7. The molecule has 4 aromatic rings. The molecule has 0 saturated carbocycles. The van der Waals surface area contributed by atoms with Gasteiger partial charge in [0.1, 0.15) is 11.3 Å². The van der Waals surface area contributed by atoms with E-state index in [1.54, 1.807) is 18.2 Å². The fourth-order valence-corrected chi connectivity index (χ4v) is 4.24.